The van der Waals surface area contributed by atoms with Crippen LogP contribution in [0.3, 0.4) is 0 Å². The van der Waals surface area contributed by atoms with Crippen LogP contribution in [0.15, 0.2) is 33.4 Å². The van der Waals surface area contributed by atoms with Gasteiger partial charge in [-0.15, -0.1) is 0 Å². The summed E-state index contributed by atoms with van der Waals surface area (Å²) in [6, 6.07) is 6.58. The van der Waals surface area contributed by atoms with E-state index < -0.39 is 0 Å². The molecule has 0 aliphatic carbocycles. The summed E-state index contributed by atoms with van der Waals surface area (Å²) in [4.78, 5) is 0. The Bertz CT molecular complexity index is 589. The fourth-order valence-corrected chi connectivity index (χ4v) is 2.88. The van der Waals surface area contributed by atoms with Crippen molar-refractivity contribution in [2.75, 3.05) is 6.54 Å². The number of hydrogen-bond donors (Lipinski definition) is 1. The van der Waals surface area contributed by atoms with Gasteiger partial charge in [0, 0.05) is 4.47 Å². The van der Waals surface area contributed by atoms with Crippen LogP contribution in [0.25, 0.3) is 0 Å². The average molecular weight is 336 g/mol. The summed E-state index contributed by atoms with van der Waals surface area (Å²) in [6.45, 7) is 9.52. The molecule has 0 bridgehead atoms. The minimum absolute atomic E-state index is 0.122. The lowest BCUT2D eigenvalue weighted by Crippen LogP contribution is -2.24. The maximum atomic E-state index is 5.73. The number of nitrogens with one attached hydrogen (secondary N) is 1. The van der Waals surface area contributed by atoms with Crippen LogP contribution < -0.4 is 5.32 Å². The van der Waals surface area contributed by atoms with E-state index >= 15 is 0 Å². The molecule has 1 aromatic carbocycles. The summed E-state index contributed by atoms with van der Waals surface area (Å²) in [5, 5.41) is 3.61. The van der Waals surface area contributed by atoms with Crippen molar-refractivity contribution >= 4 is 15.9 Å². The third-order valence-corrected chi connectivity index (χ3v) is 4.47. The highest BCUT2D eigenvalue weighted by molar-refractivity contribution is 9.10. The molecule has 20 heavy (non-hydrogen) atoms. The first-order valence-electron chi connectivity index (χ1n) is 7.08. The van der Waals surface area contributed by atoms with Crippen LogP contribution in [0.1, 0.15) is 47.4 Å². The summed E-state index contributed by atoms with van der Waals surface area (Å²) < 4.78 is 6.89. The maximum Gasteiger partial charge on any atom is 0.128 e. The van der Waals surface area contributed by atoms with Gasteiger partial charge in [-0.3, -0.25) is 0 Å². The largest absolute Gasteiger partial charge is 0.467 e. The molecule has 1 aromatic heterocycles. The first kappa shape index (κ1) is 15.3. The Kier molecular flexibility index (Phi) is 5.06. The molecule has 1 N–H and O–H groups in total. The Morgan fingerprint density at radius 3 is 2.50 bits per heavy atom. The molecule has 1 heterocycles. The second-order valence-electron chi connectivity index (χ2n) is 5.31. The van der Waals surface area contributed by atoms with Gasteiger partial charge in [-0.1, -0.05) is 28.9 Å². The van der Waals surface area contributed by atoms with E-state index in [-0.39, 0.29) is 6.04 Å². The molecule has 2 rings (SSSR count). The lowest BCUT2D eigenvalue weighted by atomic mass is 9.95. The fraction of sp³-hybridized carbons (Fsp3) is 0.412. The third-order valence-electron chi connectivity index (χ3n) is 3.62. The third kappa shape index (κ3) is 3.15. The highest BCUT2D eigenvalue weighted by Crippen LogP contribution is 2.31. The summed E-state index contributed by atoms with van der Waals surface area (Å²) in [5.41, 5.74) is 5.00. The molecule has 1 atom stereocenters. The van der Waals surface area contributed by atoms with Crippen LogP contribution in [0.5, 0.6) is 0 Å². The minimum atomic E-state index is 0.122. The predicted octanol–water partition coefficient (Wildman–Crippen LogP) is 5.06. The van der Waals surface area contributed by atoms with Crippen molar-refractivity contribution in [1.82, 2.24) is 5.32 Å². The van der Waals surface area contributed by atoms with Gasteiger partial charge >= 0.3 is 0 Å². The van der Waals surface area contributed by atoms with Crippen molar-refractivity contribution in [2.24, 2.45) is 0 Å². The first-order chi connectivity index (χ1) is 9.54. The van der Waals surface area contributed by atoms with Crippen LogP contribution >= 0.6 is 15.9 Å². The van der Waals surface area contributed by atoms with E-state index in [2.05, 4.69) is 61.1 Å². The second-order valence-corrected chi connectivity index (χ2v) is 6.17. The van der Waals surface area contributed by atoms with Crippen LogP contribution in [0.2, 0.25) is 0 Å². The van der Waals surface area contributed by atoms with E-state index in [4.69, 9.17) is 4.42 Å². The molecule has 1 unspecified atom stereocenters. The molecule has 0 saturated carbocycles. The van der Waals surface area contributed by atoms with Gasteiger partial charge in [0.25, 0.3) is 0 Å². The Morgan fingerprint density at radius 2 is 1.90 bits per heavy atom. The van der Waals surface area contributed by atoms with Gasteiger partial charge in [0.15, 0.2) is 0 Å². The van der Waals surface area contributed by atoms with Crippen molar-refractivity contribution in [2.45, 2.75) is 40.2 Å². The molecule has 3 heteroatoms. The normalized spacial score (nSPS) is 12.7. The topological polar surface area (TPSA) is 25.2 Å². The second kappa shape index (κ2) is 6.59. The van der Waals surface area contributed by atoms with Crippen molar-refractivity contribution < 1.29 is 4.42 Å². The Balaban J connectivity index is 2.46. The van der Waals surface area contributed by atoms with Crippen LogP contribution in [-0.4, -0.2) is 6.54 Å². The Morgan fingerprint density at radius 1 is 1.15 bits per heavy atom. The zero-order chi connectivity index (χ0) is 14.7. The standard InChI is InChI=1S/C17H22BrNO/c1-5-7-19-16(17-11(2)6-8-20-17)14-9-13(4)15(18)10-12(14)3/h6,8-10,16,19H,5,7H2,1-4H3. The molecule has 0 spiro atoms. The van der Waals surface area contributed by atoms with Gasteiger partial charge in [0.05, 0.1) is 12.3 Å². The monoisotopic (exact) mass is 335 g/mol. The van der Waals surface area contributed by atoms with E-state index in [1.165, 1.54) is 22.3 Å². The molecule has 0 amide bonds. The minimum Gasteiger partial charge on any atom is -0.467 e. The van der Waals surface area contributed by atoms with Gasteiger partial charge in [-0.05, 0) is 68.1 Å². The molecular formula is C17H22BrNO. The van der Waals surface area contributed by atoms with Gasteiger partial charge < -0.3 is 9.73 Å². The number of furan rings is 1. The van der Waals surface area contributed by atoms with Crippen molar-refractivity contribution in [3.05, 3.63) is 56.9 Å². The van der Waals surface area contributed by atoms with E-state index in [9.17, 15) is 0 Å². The van der Waals surface area contributed by atoms with Crippen molar-refractivity contribution in [1.29, 1.82) is 0 Å². The van der Waals surface area contributed by atoms with E-state index in [0.717, 1.165) is 23.2 Å². The van der Waals surface area contributed by atoms with Crippen LogP contribution in [-0.2, 0) is 0 Å². The van der Waals surface area contributed by atoms with E-state index in [1.54, 1.807) is 6.26 Å². The van der Waals surface area contributed by atoms with Gasteiger partial charge in [-0.2, -0.15) is 0 Å². The average Bonchev–Trinajstić information content (AvgIpc) is 2.82. The highest BCUT2D eigenvalue weighted by atomic mass is 79.9. The Labute approximate surface area is 129 Å². The number of rotatable bonds is 5. The van der Waals surface area contributed by atoms with Crippen LogP contribution in [0.4, 0.5) is 0 Å². The lowest BCUT2D eigenvalue weighted by molar-refractivity contribution is 0.443. The van der Waals surface area contributed by atoms with Gasteiger partial charge in [-0.25, -0.2) is 0 Å². The van der Waals surface area contributed by atoms with Crippen LogP contribution in [0, 0.1) is 20.8 Å². The summed E-state index contributed by atoms with van der Waals surface area (Å²) in [7, 11) is 0. The van der Waals surface area contributed by atoms with Crippen molar-refractivity contribution in [3.8, 4) is 0 Å². The fourth-order valence-electron chi connectivity index (χ4n) is 2.43. The predicted molar refractivity (Wildman–Crippen MR) is 87.2 cm³/mol. The maximum absolute atomic E-state index is 5.73. The molecular weight excluding hydrogens is 314 g/mol. The zero-order valence-electron chi connectivity index (χ0n) is 12.6. The lowest BCUT2D eigenvalue weighted by Gasteiger charge is -2.21. The zero-order valence-corrected chi connectivity index (χ0v) is 14.2. The number of aryl methyl sites for hydroxylation is 3. The number of hydrogen-bond acceptors (Lipinski definition) is 2. The molecule has 0 saturated heterocycles. The summed E-state index contributed by atoms with van der Waals surface area (Å²) in [6.07, 6.45) is 2.87. The molecule has 2 aromatic rings. The molecule has 0 aliphatic rings. The summed E-state index contributed by atoms with van der Waals surface area (Å²) in [5.74, 6) is 1.02. The van der Waals surface area contributed by atoms with Gasteiger partial charge in [0.2, 0.25) is 0 Å². The van der Waals surface area contributed by atoms with E-state index in [0.29, 0.717) is 0 Å². The van der Waals surface area contributed by atoms with E-state index in [1.807, 2.05) is 6.07 Å². The van der Waals surface area contributed by atoms with Crippen molar-refractivity contribution in [3.63, 3.8) is 0 Å². The first-order valence-corrected chi connectivity index (χ1v) is 7.88. The number of benzene rings is 1. The molecule has 2 nitrogen and oxygen atoms in total. The molecule has 108 valence electrons. The SMILES string of the molecule is CCCNC(c1cc(C)c(Br)cc1C)c1occc1C. The van der Waals surface area contributed by atoms with Gasteiger partial charge in [0.1, 0.15) is 5.76 Å². The highest BCUT2D eigenvalue weighted by Gasteiger charge is 2.21. The molecule has 0 fully saturated rings. The number of halogens is 1. The quantitative estimate of drug-likeness (QED) is 0.826. The molecule has 0 aliphatic heterocycles. The summed E-state index contributed by atoms with van der Waals surface area (Å²) >= 11 is 3.60. The molecule has 0 radical (unpaired) electrons. The Hall–Kier alpha value is -1.06. The smallest absolute Gasteiger partial charge is 0.128 e.